The van der Waals surface area contributed by atoms with Crippen molar-refractivity contribution >= 4 is 15.9 Å². The molecule has 1 aromatic heterocycles. The number of rotatable bonds is 5. The molecule has 0 radical (unpaired) electrons. The number of nitriles is 1. The predicted octanol–water partition coefficient (Wildman–Crippen LogP) is 1.56. The lowest BCUT2D eigenvalue weighted by molar-refractivity contribution is 0.0945. The van der Waals surface area contributed by atoms with Crippen molar-refractivity contribution in [2.75, 3.05) is 7.11 Å². The van der Waals surface area contributed by atoms with Crippen LogP contribution >= 0.6 is 0 Å². The third kappa shape index (κ3) is 3.56. The fraction of sp³-hybridized carbons (Fsp3) is 0.143. The zero-order valence-electron chi connectivity index (χ0n) is 11.9. The van der Waals surface area contributed by atoms with Crippen molar-refractivity contribution in [3.8, 4) is 6.07 Å². The number of carbonyl (C=O) groups is 1. The first-order valence-corrected chi connectivity index (χ1v) is 7.70. The Hall–Kier alpha value is -2.70. The van der Waals surface area contributed by atoms with Crippen LogP contribution < -0.4 is 4.72 Å². The van der Waals surface area contributed by atoms with E-state index in [-0.39, 0.29) is 12.4 Å². The Morgan fingerprint density at radius 1 is 1.39 bits per heavy atom. The Bertz CT molecular complexity index is 883. The fourth-order valence-electron chi connectivity index (χ4n) is 1.78. The lowest BCUT2D eigenvalue weighted by atomic mass is 10.2. The summed E-state index contributed by atoms with van der Waals surface area (Å²) >= 11 is 0. The SMILES string of the molecule is COCc1ccc(C(=O)NS(=O)(=O)c2cccc(F)c2C#N)o1. The highest BCUT2D eigenvalue weighted by molar-refractivity contribution is 7.90. The molecule has 1 heterocycles. The second kappa shape index (κ2) is 6.60. The Balaban J connectivity index is 2.29. The lowest BCUT2D eigenvalue weighted by Crippen LogP contribution is -2.31. The molecule has 0 fully saturated rings. The minimum absolute atomic E-state index is 0.114. The zero-order valence-corrected chi connectivity index (χ0v) is 12.7. The Kier molecular flexibility index (Phi) is 4.78. The average molecular weight is 338 g/mol. The number of furan rings is 1. The highest BCUT2D eigenvalue weighted by Gasteiger charge is 2.25. The molecule has 0 unspecified atom stereocenters. The van der Waals surface area contributed by atoms with E-state index < -0.39 is 32.2 Å². The van der Waals surface area contributed by atoms with Crippen LogP contribution in [0.1, 0.15) is 21.9 Å². The van der Waals surface area contributed by atoms with E-state index in [4.69, 9.17) is 14.4 Å². The Morgan fingerprint density at radius 2 is 2.13 bits per heavy atom. The highest BCUT2D eigenvalue weighted by atomic mass is 32.2. The van der Waals surface area contributed by atoms with Gasteiger partial charge in [0.2, 0.25) is 0 Å². The molecule has 0 aliphatic rings. The Labute approximate surface area is 131 Å². The van der Waals surface area contributed by atoms with E-state index in [1.807, 2.05) is 0 Å². The molecule has 0 spiro atoms. The van der Waals surface area contributed by atoms with E-state index in [0.717, 1.165) is 18.2 Å². The number of amides is 1. The molecular weight excluding hydrogens is 327 g/mol. The van der Waals surface area contributed by atoms with Crippen LogP contribution in [-0.2, 0) is 21.4 Å². The Morgan fingerprint density at radius 3 is 2.78 bits per heavy atom. The van der Waals surface area contributed by atoms with Crippen LogP contribution in [0.15, 0.2) is 39.6 Å². The molecule has 2 aromatic rings. The van der Waals surface area contributed by atoms with Gasteiger partial charge in [0.15, 0.2) is 5.76 Å². The van der Waals surface area contributed by atoms with Crippen LogP contribution in [0.2, 0.25) is 0 Å². The van der Waals surface area contributed by atoms with E-state index in [9.17, 15) is 17.6 Å². The summed E-state index contributed by atoms with van der Waals surface area (Å²) in [5, 5.41) is 8.88. The van der Waals surface area contributed by atoms with E-state index in [1.54, 1.807) is 4.72 Å². The maximum Gasteiger partial charge on any atom is 0.300 e. The van der Waals surface area contributed by atoms with Crippen LogP contribution in [0.5, 0.6) is 0 Å². The predicted molar refractivity (Wildman–Crippen MR) is 75.2 cm³/mol. The molecule has 0 saturated heterocycles. The molecule has 0 bridgehead atoms. The van der Waals surface area contributed by atoms with Crippen LogP contribution in [0, 0.1) is 17.1 Å². The minimum Gasteiger partial charge on any atom is -0.453 e. The number of ether oxygens (including phenoxy) is 1. The summed E-state index contributed by atoms with van der Waals surface area (Å²) in [5.41, 5.74) is -0.674. The zero-order chi connectivity index (χ0) is 17.0. The van der Waals surface area contributed by atoms with Gasteiger partial charge in [0, 0.05) is 7.11 Å². The maximum atomic E-state index is 13.5. The molecule has 1 amide bonds. The monoisotopic (exact) mass is 338 g/mol. The van der Waals surface area contributed by atoms with Gasteiger partial charge in [-0.3, -0.25) is 4.79 Å². The summed E-state index contributed by atoms with van der Waals surface area (Å²) < 4.78 is 49.5. The molecule has 23 heavy (non-hydrogen) atoms. The number of hydrogen-bond donors (Lipinski definition) is 1. The fourth-order valence-corrected chi connectivity index (χ4v) is 2.91. The highest BCUT2D eigenvalue weighted by Crippen LogP contribution is 2.18. The number of nitrogens with one attached hydrogen (secondary N) is 1. The van der Waals surface area contributed by atoms with Crippen molar-refractivity contribution in [3.05, 3.63) is 53.2 Å². The largest absolute Gasteiger partial charge is 0.453 e. The number of benzene rings is 1. The standard InChI is InChI=1S/C14H11FN2O5S/c1-21-8-9-5-6-12(22-9)14(18)17-23(19,20)13-4-2-3-11(15)10(13)7-16/h2-6H,8H2,1H3,(H,17,18). The lowest BCUT2D eigenvalue weighted by Gasteiger charge is -2.07. The molecular formula is C14H11FN2O5S. The summed E-state index contributed by atoms with van der Waals surface area (Å²) in [6, 6.07) is 7.28. The number of nitrogens with zero attached hydrogens (tertiary/aromatic N) is 1. The number of methoxy groups -OCH3 is 1. The maximum absolute atomic E-state index is 13.5. The number of sulfonamides is 1. The summed E-state index contributed by atoms with van der Waals surface area (Å²) in [7, 11) is -3.00. The van der Waals surface area contributed by atoms with Crippen molar-refractivity contribution in [1.29, 1.82) is 5.26 Å². The summed E-state index contributed by atoms with van der Waals surface area (Å²) in [6.45, 7) is 0.114. The smallest absolute Gasteiger partial charge is 0.300 e. The van der Waals surface area contributed by atoms with E-state index in [1.165, 1.54) is 25.3 Å². The van der Waals surface area contributed by atoms with Crippen molar-refractivity contribution in [1.82, 2.24) is 4.72 Å². The van der Waals surface area contributed by atoms with Gasteiger partial charge in [-0.15, -0.1) is 0 Å². The minimum atomic E-state index is -4.43. The van der Waals surface area contributed by atoms with Crippen molar-refractivity contribution in [2.45, 2.75) is 11.5 Å². The van der Waals surface area contributed by atoms with Gasteiger partial charge in [0.25, 0.3) is 10.0 Å². The van der Waals surface area contributed by atoms with E-state index >= 15 is 0 Å². The van der Waals surface area contributed by atoms with Gasteiger partial charge < -0.3 is 9.15 Å². The van der Waals surface area contributed by atoms with Gasteiger partial charge in [0.1, 0.15) is 34.7 Å². The average Bonchev–Trinajstić information content (AvgIpc) is 2.96. The summed E-state index contributed by atoms with van der Waals surface area (Å²) in [4.78, 5) is 11.3. The van der Waals surface area contributed by atoms with Gasteiger partial charge in [-0.1, -0.05) is 6.07 Å². The topological polar surface area (TPSA) is 109 Å². The number of carbonyl (C=O) groups excluding carboxylic acids is 1. The molecule has 1 N–H and O–H groups in total. The van der Waals surface area contributed by atoms with Gasteiger partial charge in [-0.25, -0.2) is 17.5 Å². The summed E-state index contributed by atoms with van der Waals surface area (Å²) in [6.07, 6.45) is 0. The number of hydrogen-bond acceptors (Lipinski definition) is 6. The molecule has 9 heteroatoms. The van der Waals surface area contributed by atoms with Crippen LogP contribution in [0.25, 0.3) is 0 Å². The van der Waals surface area contributed by atoms with E-state index in [0.29, 0.717) is 5.76 Å². The van der Waals surface area contributed by atoms with Crippen molar-refractivity contribution in [2.24, 2.45) is 0 Å². The van der Waals surface area contributed by atoms with Gasteiger partial charge in [0.05, 0.1) is 0 Å². The molecule has 0 saturated carbocycles. The molecule has 0 atom stereocenters. The van der Waals surface area contributed by atoms with Crippen LogP contribution in [0.3, 0.4) is 0 Å². The van der Waals surface area contributed by atoms with Crippen molar-refractivity contribution < 1.29 is 26.8 Å². The summed E-state index contributed by atoms with van der Waals surface area (Å²) in [5.74, 6) is -1.96. The van der Waals surface area contributed by atoms with Crippen LogP contribution in [0.4, 0.5) is 4.39 Å². The first-order chi connectivity index (χ1) is 10.9. The molecule has 7 nitrogen and oxygen atoms in total. The molecule has 120 valence electrons. The number of halogens is 1. The normalized spacial score (nSPS) is 11.0. The molecule has 2 rings (SSSR count). The van der Waals surface area contributed by atoms with Crippen LogP contribution in [-0.4, -0.2) is 21.4 Å². The van der Waals surface area contributed by atoms with Gasteiger partial charge >= 0.3 is 5.91 Å². The molecule has 1 aromatic carbocycles. The van der Waals surface area contributed by atoms with Crippen molar-refractivity contribution in [3.63, 3.8) is 0 Å². The molecule has 0 aliphatic heterocycles. The third-order valence-electron chi connectivity index (χ3n) is 2.78. The second-order valence-electron chi connectivity index (χ2n) is 4.36. The third-order valence-corrected chi connectivity index (χ3v) is 4.15. The first kappa shape index (κ1) is 16.7. The van der Waals surface area contributed by atoms with Gasteiger partial charge in [-0.2, -0.15) is 5.26 Å². The quantitative estimate of drug-likeness (QED) is 0.886. The van der Waals surface area contributed by atoms with Gasteiger partial charge in [-0.05, 0) is 24.3 Å². The molecule has 0 aliphatic carbocycles. The second-order valence-corrected chi connectivity index (χ2v) is 6.01. The first-order valence-electron chi connectivity index (χ1n) is 6.22. The van der Waals surface area contributed by atoms with E-state index in [2.05, 4.69) is 0 Å².